The molecule has 0 aliphatic rings. The largest absolute Gasteiger partial charge is 0.480 e. The number of carboxylic acids is 1. The molecule has 8 heteroatoms. The van der Waals surface area contributed by atoms with Gasteiger partial charge in [-0.2, -0.15) is 0 Å². The van der Waals surface area contributed by atoms with Crippen LogP contribution in [0.25, 0.3) is 0 Å². The number of amides is 1. The van der Waals surface area contributed by atoms with E-state index in [1.807, 2.05) is 0 Å². The van der Waals surface area contributed by atoms with E-state index in [-0.39, 0.29) is 16.3 Å². The Hall–Kier alpha value is -1.83. The number of hydrogen-bond donors (Lipinski definition) is 2. The average Bonchev–Trinajstić information content (AvgIpc) is 2.28. The molecule has 0 saturated heterocycles. The summed E-state index contributed by atoms with van der Waals surface area (Å²) in [5.41, 5.74) is -0.297. The Bertz CT molecular complexity index is 514. The highest BCUT2D eigenvalue weighted by molar-refractivity contribution is 7.99. The second-order valence-electron chi connectivity index (χ2n) is 3.55. The standard InChI is InChI=1S/C10H13N3O4S/c1-6(14)12-7(10(16)17)5-18-8-9(15)13(2)4-3-11-8/h3-4,7H,5H2,1-2H3,(H,12,14)(H,16,17)/t7-/m0/s1. The van der Waals surface area contributed by atoms with E-state index < -0.39 is 17.9 Å². The number of carbonyl (C=O) groups is 2. The maximum Gasteiger partial charge on any atom is 0.327 e. The molecule has 0 aliphatic carbocycles. The van der Waals surface area contributed by atoms with Crippen molar-refractivity contribution in [1.29, 1.82) is 0 Å². The van der Waals surface area contributed by atoms with Crippen LogP contribution in [-0.2, 0) is 16.6 Å². The van der Waals surface area contributed by atoms with Crippen molar-refractivity contribution in [3.63, 3.8) is 0 Å². The van der Waals surface area contributed by atoms with Gasteiger partial charge in [-0.05, 0) is 0 Å². The maximum absolute atomic E-state index is 11.6. The Balaban J connectivity index is 2.73. The fourth-order valence-electron chi connectivity index (χ4n) is 1.16. The number of nitrogens with zero attached hydrogens (tertiary/aromatic N) is 2. The van der Waals surface area contributed by atoms with Gasteiger partial charge >= 0.3 is 5.97 Å². The van der Waals surface area contributed by atoms with E-state index in [1.165, 1.54) is 23.9 Å². The van der Waals surface area contributed by atoms with Gasteiger partial charge in [0.2, 0.25) is 5.91 Å². The summed E-state index contributed by atoms with van der Waals surface area (Å²) in [4.78, 5) is 37.2. The fraction of sp³-hybridized carbons (Fsp3) is 0.400. The molecule has 1 aromatic rings. The number of aryl methyl sites for hydroxylation is 1. The molecule has 1 atom stereocenters. The third-order valence-electron chi connectivity index (χ3n) is 2.05. The second kappa shape index (κ2) is 6.20. The molecular weight excluding hydrogens is 258 g/mol. The zero-order valence-corrected chi connectivity index (χ0v) is 10.7. The molecule has 7 nitrogen and oxygen atoms in total. The number of carbonyl (C=O) groups excluding carboxylic acids is 1. The van der Waals surface area contributed by atoms with Gasteiger partial charge in [0.05, 0.1) is 0 Å². The van der Waals surface area contributed by atoms with Gasteiger partial charge in [0.25, 0.3) is 5.56 Å². The summed E-state index contributed by atoms with van der Waals surface area (Å²) in [6, 6.07) is -1.04. The van der Waals surface area contributed by atoms with E-state index in [2.05, 4.69) is 10.3 Å². The predicted molar refractivity (Wildman–Crippen MR) is 65.4 cm³/mol. The van der Waals surface area contributed by atoms with E-state index in [9.17, 15) is 14.4 Å². The normalized spacial score (nSPS) is 11.9. The summed E-state index contributed by atoms with van der Waals surface area (Å²) in [5, 5.41) is 11.4. The monoisotopic (exact) mass is 271 g/mol. The van der Waals surface area contributed by atoms with Crippen LogP contribution in [0.1, 0.15) is 6.92 Å². The van der Waals surface area contributed by atoms with Crippen LogP contribution < -0.4 is 10.9 Å². The molecule has 2 N–H and O–H groups in total. The molecule has 0 fully saturated rings. The lowest BCUT2D eigenvalue weighted by atomic mass is 10.3. The third kappa shape index (κ3) is 3.88. The van der Waals surface area contributed by atoms with Gasteiger partial charge < -0.3 is 15.0 Å². The average molecular weight is 271 g/mol. The molecule has 0 radical (unpaired) electrons. The first-order chi connectivity index (χ1) is 8.41. The van der Waals surface area contributed by atoms with Crippen LogP contribution in [0.15, 0.2) is 22.2 Å². The van der Waals surface area contributed by atoms with Crippen molar-refractivity contribution in [2.24, 2.45) is 7.05 Å². The molecule has 1 heterocycles. The van der Waals surface area contributed by atoms with Crippen molar-refractivity contribution in [2.75, 3.05) is 5.75 Å². The zero-order valence-electron chi connectivity index (χ0n) is 9.91. The summed E-state index contributed by atoms with van der Waals surface area (Å²) < 4.78 is 1.35. The molecule has 0 aromatic carbocycles. The minimum Gasteiger partial charge on any atom is -0.480 e. The lowest BCUT2D eigenvalue weighted by Gasteiger charge is -2.12. The van der Waals surface area contributed by atoms with Crippen LogP contribution >= 0.6 is 11.8 Å². The van der Waals surface area contributed by atoms with E-state index in [0.29, 0.717) is 0 Å². The SMILES string of the molecule is CC(=O)N[C@@H](CSc1nccn(C)c1=O)C(=O)O. The minimum absolute atomic E-state index is 0.0428. The number of aliphatic carboxylic acids is 1. The smallest absolute Gasteiger partial charge is 0.327 e. The first-order valence-electron chi connectivity index (χ1n) is 5.06. The first kappa shape index (κ1) is 14.2. The molecule has 1 rings (SSSR count). The molecule has 0 spiro atoms. The Labute approximate surface area is 107 Å². The van der Waals surface area contributed by atoms with Gasteiger partial charge in [-0.25, -0.2) is 9.78 Å². The summed E-state index contributed by atoms with van der Waals surface area (Å²) in [7, 11) is 1.58. The predicted octanol–water partition coefficient (Wildman–Crippen LogP) is -0.538. The third-order valence-corrected chi connectivity index (χ3v) is 3.10. The lowest BCUT2D eigenvalue weighted by Crippen LogP contribution is -2.41. The highest BCUT2D eigenvalue weighted by Crippen LogP contribution is 2.11. The van der Waals surface area contributed by atoms with Crippen LogP contribution in [0.4, 0.5) is 0 Å². The van der Waals surface area contributed by atoms with Crippen molar-refractivity contribution in [1.82, 2.24) is 14.9 Å². The van der Waals surface area contributed by atoms with Crippen LogP contribution in [0.5, 0.6) is 0 Å². The van der Waals surface area contributed by atoms with E-state index >= 15 is 0 Å². The molecule has 0 bridgehead atoms. The van der Waals surface area contributed by atoms with Crippen LogP contribution in [-0.4, -0.2) is 38.3 Å². The quantitative estimate of drug-likeness (QED) is 0.698. The van der Waals surface area contributed by atoms with Gasteiger partial charge in [0.15, 0.2) is 5.03 Å². The fourth-order valence-corrected chi connectivity index (χ4v) is 2.11. The molecule has 0 saturated carbocycles. The minimum atomic E-state index is -1.15. The number of hydrogen-bond acceptors (Lipinski definition) is 5. The van der Waals surface area contributed by atoms with Crippen LogP contribution in [0, 0.1) is 0 Å². The Kier molecular flexibility index (Phi) is 4.90. The van der Waals surface area contributed by atoms with E-state index in [1.54, 1.807) is 7.05 Å². The van der Waals surface area contributed by atoms with Gasteiger partial charge in [0, 0.05) is 32.1 Å². The summed E-state index contributed by atoms with van der Waals surface area (Å²) in [5.74, 6) is -1.54. The highest BCUT2D eigenvalue weighted by Gasteiger charge is 2.19. The van der Waals surface area contributed by atoms with E-state index in [0.717, 1.165) is 11.8 Å². The van der Waals surface area contributed by atoms with Crippen molar-refractivity contribution in [3.8, 4) is 0 Å². The lowest BCUT2D eigenvalue weighted by molar-refractivity contribution is -0.140. The van der Waals surface area contributed by atoms with Crippen LogP contribution in [0.2, 0.25) is 0 Å². The van der Waals surface area contributed by atoms with Crippen molar-refractivity contribution < 1.29 is 14.7 Å². The van der Waals surface area contributed by atoms with Gasteiger partial charge in [-0.3, -0.25) is 9.59 Å². The molecule has 0 unspecified atom stereocenters. The topological polar surface area (TPSA) is 101 Å². The van der Waals surface area contributed by atoms with Crippen molar-refractivity contribution in [2.45, 2.75) is 18.0 Å². The molecule has 18 heavy (non-hydrogen) atoms. The van der Waals surface area contributed by atoms with Crippen LogP contribution in [0.3, 0.4) is 0 Å². The summed E-state index contributed by atoms with van der Waals surface area (Å²) in [6.07, 6.45) is 2.97. The molecular formula is C10H13N3O4S. The summed E-state index contributed by atoms with van der Waals surface area (Å²) >= 11 is 1.000. The highest BCUT2D eigenvalue weighted by atomic mass is 32.2. The number of rotatable bonds is 5. The van der Waals surface area contributed by atoms with Gasteiger partial charge in [0.1, 0.15) is 6.04 Å². The number of aromatic nitrogens is 2. The molecule has 1 aromatic heterocycles. The molecule has 0 aliphatic heterocycles. The Morgan fingerprint density at radius 2 is 2.28 bits per heavy atom. The van der Waals surface area contributed by atoms with E-state index in [4.69, 9.17) is 5.11 Å². The van der Waals surface area contributed by atoms with Crippen molar-refractivity contribution >= 4 is 23.6 Å². The second-order valence-corrected chi connectivity index (χ2v) is 4.56. The summed E-state index contributed by atoms with van der Waals surface area (Å²) in [6.45, 7) is 1.24. The Morgan fingerprint density at radius 3 is 2.83 bits per heavy atom. The Morgan fingerprint density at radius 1 is 1.61 bits per heavy atom. The number of carboxylic acid groups (broad SMARTS) is 1. The van der Waals surface area contributed by atoms with Gasteiger partial charge in [-0.15, -0.1) is 0 Å². The van der Waals surface area contributed by atoms with Crippen molar-refractivity contribution in [3.05, 3.63) is 22.7 Å². The number of nitrogens with one attached hydrogen (secondary N) is 1. The number of thioether (sulfide) groups is 1. The zero-order chi connectivity index (χ0) is 13.7. The van der Waals surface area contributed by atoms with Gasteiger partial charge in [-0.1, -0.05) is 11.8 Å². The first-order valence-corrected chi connectivity index (χ1v) is 6.04. The maximum atomic E-state index is 11.6. The molecule has 98 valence electrons. The molecule has 1 amide bonds.